The molecule has 0 heterocycles. The number of amides is 1. The van der Waals surface area contributed by atoms with Gasteiger partial charge in [0.15, 0.2) is 18.1 Å². The van der Waals surface area contributed by atoms with Gasteiger partial charge in [0.2, 0.25) is 0 Å². The van der Waals surface area contributed by atoms with Crippen LogP contribution in [0.2, 0.25) is 5.02 Å². The third-order valence-electron chi connectivity index (χ3n) is 2.75. The first-order valence-electron chi connectivity index (χ1n) is 7.46. The minimum absolute atomic E-state index is 0.0663. The van der Waals surface area contributed by atoms with Gasteiger partial charge in [-0.3, -0.25) is 4.79 Å². The molecule has 0 unspecified atom stereocenters. The summed E-state index contributed by atoms with van der Waals surface area (Å²) in [6.45, 7) is 3.42. The van der Waals surface area contributed by atoms with Crippen LogP contribution in [0.25, 0.3) is 6.08 Å². The zero-order chi connectivity index (χ0) is 18.8. The van der Waals surface area contributed by atoms with Crippen molar-refractivity contribution in [1.29, 1.82) is 0 Å². The zero-order valence-electron chi connectivity index (χ0n) is 14.3. The maximum atomic E-state index is 11.6. The molecule has 6 nitrogen and oxygen atoms in total. The van der Waals surface area contributed by atoms with Crippen molar-refractivity contribution < 1.29 is 23.8 Å². The Kier molecular flexibility index (Phi) is 8.37. The quantitative estimate of drug-likeness (QED) is 0.435. The van der Waals surface area contributed by atoms with Crippen molar-refractivity contribution in [3.05, 3.63) is 28.8 Å². The normalized spacial score (nSPS) is 10.4. The molecule has 0 radical (unpaired) electrons. The topological polar surface area (TPSA) is 73.9 Å². The minimum Gasteiger partial charge on any atom is -0.493 e. The van der Waals surface area contributed by atoms with Crippen LogP contribution in [0.4, 0.5) is 0 Å². The van der Waals surface area contributed by atoms with Crippen molar-refractivity contribution >= 4 is 29.6 Å². The number of hydrogen-bond donors (Lipinski definition) is 1. The predicted molar refractivity (Wildman–Crippen MR) is 95.6 cm³/mol. The molecule has 0 bridgehead atoms. The van der Waals surface area contributed by atoms with Crippen molar-refractivity contribution in [3.63, 3.8) is 0 Å². The highest BCUT2D eigenvalue weighted by Gasteiger charge is 2.13. The highest BCUT2D eigenvalue weighted by atomic mass is 35.5. The number of ether oxygens (including phenoxy) is 3. The van der Waals surface area contributed by atoms with E-state index in [2.05, 4.69) is 11.2 Å². The van der Waals surface area contributed by atoms with E-state index in [4.69, 9.17) is 32.2 Å². The Hall–Kier alpha value is -2.65. The number of hydrogen-bond acceptors (Lipinski definition) is 5. The fourth-order valence-electron chi connectivity index (χ4n) is 1.74. The SMILES string of the molecule is C#CCNC(=O)COC(=O)/C=C/c1cc(Cl)c(OC(C)C)c(OC)c1. The van der Waals surface area contributed by atoms with Gasteiger partial charge >= 0.3 is 5.97 Å². The number of carbonyl (C=O) groups is 2. The summed E-state index contributed by atoms with van der Waals surface area (Å²) in [5.41, 5.74) is 0.617. The van der Waals surface area contributed by atoms with Gasteiger partial charge in [-0.25, -0.2) is 4.79 Å². The average molecular weight is 366 g/mol. The summed E-state index contributed by atoms with van der Waals surface area (Å²) in [6.07, 6.45) is 7.62. The summed E-state index contributed by atoms with van der Waals surface area (Å²) < 4.78 is 15.7. The molecular weight excluding hydrogens is 346 g/mol. The smallest absolute Gasteiger partial charge is 0.331 e. The second kappa shape index (κ2) is 10.3. The van der Waals surface area contributed by atoms with E-state index in [1.165, 1.54) is 19.3 Å². The molecule has 1 N–H and O–H groups in total. The van der Waals surface area contributed by atoms with Gasteiger partial charge in [-0.2, -0.15) is 0 Å². The average Bonchev–Trinajstić information content (AvgIpc) is 2.57. The van der Waals surface area contributed by atoms with E-state index in [0.717, 1.165) is 0 Å². The van der Waals surface area contributed by atoms with Crippen molar-refractivity contribution in [1.82, 2.24) is 5.32 Å². The summed E-state index contributed by atoms with van der Waals surface area (Å²) in [7, 11) is 1.50. The first-order valence-corrected chi connectivity index (χ1v) is 7.84. The largest absolute Gasteiger partial charge is 0.493 e. The first-order chi connectivity index (χ1) is 11.9. The number of rotatable bonds is 8. The second-order valence-corrected chi connectivity index (χ2v) is 5.53. The van der Waals surface area contributed by atoms with Gasteiger partial charge in [-0.15, -0.1) is 6.42 Å². The van der Waals surface area contributed by atoms with Crippen molar-refractivity contribution in [2.24, 2.45) is 0 Å². The Morgan fingerprint density at radius 1 is 1.40 bits per heavy atom. The molecule has 0 fully saturated rings. The third kappa shape index (κ3) is 7.19. The Morgan fingerprint density at radius 2 is 2.12 bits per heavy atom. The summed E-state index contributed by atoms with van der Waals surface area (Å²) in [6, 6.07) is 3.30. The van der Waals surface area contributed by atoms with Crippen LogP contribution >= 0.6 is 11.6 Å². The summed E-state index contributed by atoms with van der Waals surface area (Å²) in [4.78, 5) is 22.9. The van der Waals surface area contributed by atoms with Crippen LogP contribution < -0.4 is 14.8 Å². The third-order valence-corrected chi connectivity index (χ3v) is 3.03. The Morgan fingerprint density at radius 3 is 2.72 bits per heavy atom. The lowest BCUT2D eigenvalue weighted by molar-refractivity contribution is -0.143. The fraction of sp³-hybridized carbons (Fsp3) is 0.333. The van der Waals surface area contributed by atoms with Gasteiger partial charge < -0.3 is 19.5 Å². The predicted octanol–water partition coefficient (Wildman–Crippen LogP) is 2.44. The van der Waals surface area contributed by atoms with Gasteiger partial charge in [-0.05, 0) is 37.6 Å². The number of terminal acetylenes is 1. The van der Waals surface area contributed by atoms with Gasteiger partial charge in [0.1, 0.15) is 0 Å². The molecule has 0 atom stereocenters. The van der Waals surface area contributed by atoms with E-state index < -0.39 is 18.5 Å². The van der Waals surface area contributed by atoms with Crippen molar-refractivity contribution in [3.8, 4) is 23.8 Å². The Bertz CT molecular complexity index is 691. The minimum atomic E-state index is -0.673. The van der Waals surface area contributed by atoms with Crippen molar-refractivity contribution in [2.75, 3.05) is 20.3 Å². The first kappa shape index (κ1) is 20.4. The van der Waals surface area contributed by atoms with E-state index in [-0.39, 0.29) is 12.6 Å². The molecule has 0 spiro atoms. The van der Waals surface area contributed by atoms with Crippen LogP contribution in [-0.4, -0.2) is 38.2 Å². The number of methoxy groups -OCH3 is 1. The molecule has 1 aromatic rings. The molecule has 0 saturated heterocycles. The number of esters is 1. The van der Waals surface area contributed by atoms with Crippen LogP contribution in [-0.2, 0) is 14.3 Å². The van der Waals surface area contributed by atoms with Crippen LogP contribution in [0, 0.1) is 12.3 Å². The van der Waals surface area contributed by atoms with E-state index in [1.54, 1.807) is 12.1 Å². The second-order valence-electron chi connectivity index (χ2n) is 5.12. The number of benzene rings is 1. The monoisotopic (exact) mass is 365 g/mol. The fourth-order valence-corrected chi connectivity index (χ4v) is 2.00. The summed E-state index contributed by atoms with van der Waals surface area (Å²) in [5.74, 6) is 1.98. The van der Waals surface area contributed by atoms with Gasteiger partial charge in [-0.1, -0.05) is 17.5 Å². The lowest BCUT2D eigenvalue weighted by Crippen LogP contribution is -2.28. The molecule has 1 aromatic carbocycles. The molecule has 1 amide bonds. The standard InChI is InChI=1S/C18H20ClNO5/c1-5-8-20-16(21)11-24-17(22)7-6-13-9-14(19)18(25-12(2)3)15(10-13)23-4/h1,6-7,9-10,12H,8,11H2,2-4H3,(H,20,21)/b7-6+. The zero-order valence-corrected chi connectivity index (χ0v) is 15.1. The maximum absolute atomic E-state index is 11.6. The van der Waals surface area contributed by atoms with E-state index in [9.17, 15) is 9.59 Å². The molecule has 0 aliphatic rings. The summed E-state index contributed by atoms with van der Waals surface area (Å²) >= 11 is 6.20. The van der Waals surface area contributed by atoms with Crippen LogP contribution in [0.15, 0.2) is 18.2 Å². The molecule has 0 aliphatic carbocycles. The van der Waals surface area contributed by atoms with Crippen LogP contribution in [0.1, 0.15) is 19.4 Å². The molecule has 0 saturated carbocycles. The highest BCUT2D eigenvalue weighted by molar-refractivity contribution is 6.32. The molecule has 1 rings (SSSR count). The Balaban J connectivity index is 2.74. The van der Waals surface area contributed by atoms with E-state index >= 15 is 0 Å². The molecule has 0 aromatic heterocycles. The molecule has 0 aliphatic heterocycles. The maximum Gasteiger partial charge on any atom is 0.331 e. The lowest BCUT2D eigenvalue weighted by atomic mass is 10.2. The highest BCUT2D eigenvalue weighted by Crippen LogP contribution is 2.37. The van der Waals surface area contributed by atoms with Crippen molar-refractivity contribution in [2.45, 2.75) is 20.0 Å². The van der Waals surface area contributed by atoms with Gasteiger partial charge in [0, 0.05) is 6.08 Å². The molecule has 25 heavy (non-hydrogen) atoms. The molecule has 7 heteroatoms. The van der Waals surface area contributed by atoms with Crippen LogP contribution in [0.3, 0.4) is 0 Å². The number of nitrogens with one attached hydrogen (secondary N) is 1. The number of halogens is 1. The summed E-state index contributed by atoms with van der Waals surface area (Å²) in [5, 5.41) is 2.74. The van der Waals surface area contributed by atoms with E-state index in [1.807, 2.05) is 13.8 Å². The van der Waals surface area contributed by atoms with Gasteiger partial charge in [0.05, 0.1) is 24.8 Å². The number of carbonyl (C=O) groups excluding carboxylic acids is 2. The Labute approximate surface area is 152 Å². The lowest BCUT2D eigenvalue weighted by Gasteiger charge is -2.15. The van der Waals surface area contributed by atoms with E-state index in [0.29, 0.717) is 22.1 Å². The molecular formula is C18H20ClNO5. The van der Waals surface area contributed by atoms with Gasteiger partial charge in [0.25, 0.3) is 5.91 Å². The molecule has 134 valence electrons. The van der Waals surface area contributed by atoms with Crippen LogP contribution in [0.5, 0.6) is 11.5 Å².